The van der Waals surface area contributed by atoms with Crippen LogP contribution >= 0.6 is 11.3 Å². The molecule has 0 spiro atoms. The minimum Gasteiger partial charge on any atom is -0.466 e. The van der Waals surface area contributed by atoms with Crippen molar-refractivity contribution in [3.63, 3.8) is 0 Å². The molecule has 1 aliphatic heterocycles. The third kappa shape index (κ3) is 3.54. The molecule has 1 aromatic heterocycles. The molecule has 4 heteroatoms. The van der Waals surface area contributed by atoms with Crippen molar-refractivity contribution in [2.75, 3.05) is 19.7 Å². The van der Waals surface area contributed by atoms with Gasteiger partial charge in [0.1, 0.15) is 12.5 Å². The summed E-state index contributed by atoms with van der Waals surface area (Å²) in [5.41, 5.74) is 0. The fourth-order valence-corrected chi connectivity index (χ4v) is 3.21. The monoisotopic (exact) mass is 254 g/mol. The number of ether oxygens (including phenoxy) is 1. The molecule has 1 unspecified atom stereocenters. The Hall–Kier alpha value is -0.870. The smallest absolute Gasteiger partial charge is 0.314 e. The van der Waals surface area contributed by atoms with Crippen LogP contribution in [0.5, 0.6) is 0 Å². The number of esters is 1. The van der Waals surface area contributed by atoms with Crippen molar-refractivity contribution in [1.82, 2.24) is 0 Å². The molecule has 1 aliphatic rings. The van der Waals surface area contributed by atoms with Crippen molar-refractivity contribution in [3.8, 4) is 0 Å². The van der Waals surface area contributed by atoms with Gasteiger partial charge in [-0.3, -0.25) is 4.79 Å². The number of carbonyl (C=O) groups is 1. The lowest BCUT2D eigenvalue weighted by atomic mass is 9.98. The number of quaternary nitrogens is 1. The molecule has 0 radical (unpaired) electrons. The molecular formula is C13H20NO2S+. The zero-order valence-corrected chi connectivity index (χ0v) is 11.1. The molecule has 1 aromatic rings. The minimum absolute atomic E-state index is 0.00382. The van der Waals surface area contributed by atoms with Crippen LogP contribution < -0.4 is 4.90 Å². The van der Waals surface area contributed by atoms with E-state index in [0.717, 1.165) is 25.9 Å². The van der Waals surface area contributed by atoms with E-state index < -0.39 is 0 Å². The van der Waals surface area contributed by atoms with Gasteiger partial charge in [0.05, 0.1) is 24.6 Å². The molecule has 0 saturated carbocycles. The fourth-order valence-electron chi connectivity index (χ4n) is 2.43. The van der Waals surface area contributed by atoms with Gasteiger partial charge in [0.25, 0.3) is 0 Å². The first-order valence-corrected chi connectivity index (χ1v) is 7.20. The highest BCUT2D eigenvalue weighted by atomic mass is 32.1. The van der Waals surface area contributed by atoms with E-state index in [1.54, 1.807) is 11.3 Å². The maximum Gasteiger partial charge on any atom is 0.314 e. The van der Waals surface area contributed by atoms with Crippen LogP contribution in [0.4, 0.5) is 0 Å². The van der Waals surface area contributed by atoms with E-state index >= 15 is 0 Å². The summed E-state index contributed by atoms with van der Waals surface area (Å²) in [6.45, 7) is 5.52. The lowest BCUT2D eigenvalue weighted by Gasteiger charge is -2.28. The summed E-state index contributed by atoms with van der Waals surface area (Å²) in [5, 5.41) is 2.11. The third-order valence-electron chi connectivity index (χ3n) is 3.24. The van der Waals surface area contributed by atoms with Crippen LogP contribution in [0.2, 0.25) is 0 Å². The zero-order valence-electron chi connectivity index (χ0n) is 10.3. The molecule has 2 rings (SSSR count). The molecule has 94 valence electrons. The highest BCUT2D eigenvalue weighted by Gasteiger charge is 2.29. The maximum absolute atomic E-state index is 11.7. The van der Waals surface area contributed by atoms with Crippen LogP contribution in [-0.2, 0) is 16.1 Å². The normalized spacial score (nSPS) is 24.5. The van der Waals surface area contributed by atoms with Gasteiger partial charge in [0.15, 0.2) is 0 Å². The van der Waals surface area contributed by atoms with Crippen molar-refractivity contribution < 1.29 is 14.4 Å². The second-order valence-electron chi connectivity index (χ2n) is 4.55. The lowest BCUT2D eigenvalue weighted by molar-refractivity contribution is -0.920. The van der Waals surface area contributed by atoms with E-state index in [4.69, 9.17) is 4.74 Å². The van der Waals surface area contributed by atoms with E-state index in [-0.39, 0.29) is 11.9 Å². The Balaban J connectivity index is 1.86. The standard InChI is InChI=1S/C13H19NO2S/c1-2-16-13(15)11-5-3-7-14(9-11)10-12-6-4-8-17-12/h4,6,8,11H,2-3,5,7,9-10H2,1H3/p+1/t11-/m0/s1. The lowest BCUT2D eigenvalue weighted by Crippen LogP contribution is -3.12. The molecular weight excluding hydrogens is 234 g/mol. The number of hydrogen-bond acceptors (Lipinski definition) is 3. The molecule has 2 atom stereocenters. The van der Waals surface area contributed by atoms with Gasteiger partial charge >= 0.3 is 5.97 Å². The second kappa shape index (κ2) is 6.17. The molecule has 0 aromatic carbocycles. The zero-order chi connectivity index (χ0) is 12.1. The highest BCUT2D eigenvalue weighted by molar-refractivity contribution is 7.09. The summed E-state index contributed by atoms with van der Waals surface area (Å²) in [6.07, 6.45) is 2.12. The van der Waals surface area contributed by atoms with Gasteiger partial charge in [0.2, 0.25) is 0 Å². The summed E-state index contributed by atoms with van der Waals surface area (Å²) in [5.74, 6) is 0.106. The van der Waals surface area contributed by atoms with Crippen LogP contribution in [0.1, 0.15) is 24.6 Å². The summed E-state index contributed by atoms with van der Waals surface area (Å²) >= 11 is 1.80. The Morgan fingerprint density at radius 1 is 1.65 bits per heavy atom. The first-order chi connectivity index (χ1) is 8.29. The van der Waals surface area contributed by atoms with Crippen LogP contribution in [0, 0.1) is 5.92 Å². The van der Waals surface area contributed by atoms with Gasteiger partial charge in [-0.05, 0) is 31.2 Å². The van der Waals surface area contributed by atoms with Gasteiger partial charge in [0, 0.05) is 0 Å². The number of piperidine rings is 1. The van der Waals surface area contributed by atoms with Gasteiger partial charge in [-0.25, -0.2) is 0 Å². The Labute approximate surface area is 106 Å². The van der Waals surface area contributed by atoms with Crippen molar-refractivity contribution in [2.45, 2.75) is 26.3 Å². The largest absolute Gasteiger partial charge is 0.466 e. The van der Waals surface area contributed by atoms with E-state index in [1.807, 2.05) is 6.92 Å². The molecule has 1 N–H and O–H groups in total. The van der Waals surface area contributed by atoms with Crippen molar-refractivity contribution in [1.29, 1.82) is 0 Å². The fraction of sp³-hybridized carbons (Fsp3) is 0.615. The van der Waals surface area contributed by atoms with Gasteiger partial charge in [-0.15, -0.1) is 11.3 Å². The summed E-state index contributed by atoms with van der Waals surface area (Å²) in [7, 11) is 0. The number of hydrogen-bond donors (Lipinski definition) is 1. The molecule has 0 bridgehead atoms. The van der Waals surface area contributed by atoms with Crippen molar-refractivity contribution in [2.24, 2.45) is 5.92 Å². The summed E-state index contributed by atoms with van der Waals surface area (Å²) in [4.78, 5) is 14.6. The maximum atomic E-state index is 11.7. The van der Waals surface area contributed by atoms with Gasteiger partial charge in [-0.1, -0.05) is 6.07 Å². The first kappa shape index (κ1) is 12.6. The van der Waals surface area contributed by atoms with Crippen molar-refractivity contribution in [3.05, 3.63) is 22.4 Å². The first-order valence-electron chi connectivity index (χ1n) is 6.32. The van der Waals surface area contributed by atoms with E-state index in [0.29, 0.717) is 6.61 Å². The highest BCUT2D eigenvalue weighted by Crippen LogP contribution is 2.11. The number of rotatable bonds is 4. The van der Waals surface area contributed by atoms with Crippen LogP contribution in [0.15, 0.2) is 17.5 Å². The third-order valence-corrected chi connectivity index (χ3v) is 4.12. The number of carbonyl (C=O) groups excluding carboxylic acids is 1. The Morgan fingerprint density at radius 3 is 3.24 bits per heavy atom. The molecule has 17 heavy (non-hydrogen) atoms. The quantitative estimate of drug-likeness (QED) is 0.816. The SMILES string of the molecule is CCOC(=O)[C@H]1CCC[NH+](Cc2cccs2)C1. The Kier molecular flexibility index (Phi) is 4.57. The van der Waals surface area contributed by atoms with Crippen molar-refractivity contribution >= 4 is 17.3 Å². The molecule has 0 amide bonds. The topological polar surface area (TPSA) is 30.7 Å². The van der Waals surface area contributed by atoms with Gasteiger partial charge < -0.3 is 9.64 Å². The van der Waals surface area contributed by atoms with Crippen LogP contribution in [0.3, 0.4) is 0 Å². The van der Waals surface area contributed by atoms with E-state index in [9.17, 15) is 4.79 Å². The van der Waals surface area contributed by atoms with Gasteiger partial charge in [-0.2, -0.15) is 0 Å². The van der Waals surface area contributed by atoms with E-state index in [1.165, 1.54) is 16.3 Å². The molecule has 1 fully saturated rings. The molecule has 2 heterocycles. The number of likely N-dealkylation sites (tertiary alicyclic amines) is 1. The summed E-state index contributed by atoms with van der Waals surface area (Å²) < 4.78 is 5.12. The average Bonchev–Trinajstić information content (AvgIpc) is 2.82. The second-order valence-corrected chi connectivity index (χ2v) is 5.58. The minimum atomic E-state index is -0.00382. The van der Waals surface area contributed by atoms with Crippen LogP contribution in [0.25, 0.3) is 0 Å². The predicted molar refractivity (Wildman–Crippen MR) is 68.1 cm³/mol. The summed E-state index contributed by atoms with van der Waals surface area (Å²) in [6, 6.07) is 4.26. The Bertz CT molecular complexity index is 350. The molecule has 1 saturated heterocycles. The molecule has 0 aliphatic carbocycles. The van der Waals surface area contributed by atoms with E-state index in [2.05, 4.69) is 17.5 Å². The molecule has 3 nitrogen and oxygen atoms in total. The Morgan fingerprint density at radius 2 is 2.53 bits per heavy atom. The number of thiophene rings is 1. The number of nitrogens with one attached hydrogen (secondary N) is 1. The average molecular weight is 254 g/mol. The predicted octanol–water partition coefficient (Wildman–Crippen LogP) is 1.11. The van der Waals surface area contributed by atoms with Crippen LogP contribution in [-0.4, -0.2) is 25.7 Å².